The van der Waals surface area contributed by atoms with E-state index >= 15 is 0 Å². The molecule has 2 atom stereocenters. The predicted octanol–water partition coefficient (Wildman–Crippen LogP) is 20.9. The topological polar surface area (TPSA) is 229 Å². The van der Waals surface area contributed by atoms with Gasteiger partial charge in [0.15, 0.2) is 11.6 Å². The minimum atomic E-state index is -1.32. The Morgan fingerprint density at radius 3 is 1.19 bits per heavy atom. The highest BCUT2D eigenvalue weighted by Gasteiger charge is 2.24. The number of carboxylic acid groups (broad SMARTS) is 1. The van der Waals surface area contributed by atoms with E-state index in [1.165, 1.54) is 109 Å². The molecule has 12 rings (SSSR count). The first-order valence-electron chi connectivity index (χ1n) is 33.2. The molecule has 0 radical (unpaired) electrons. The smallest absolute Gasteiger partial charge is 0.335 e. The molecule has 0 spiro atoms. The van der Waals surface area contributed by atoms with E-state index in [2.05, 4.69) is 138 Å². The molecule has 34 heteroatoms. The van der Waals surface area contributed by atoms with Crippen molar-refractivity contribution >= 4 is 216 Å². The van der Waals surface area contributed by atoms with Crippen LogP contribution in [0.5, 0.6) is 0 Å². The van der Waals surface area contributed by atoms with E-state index in [1.807, 2.05) is 116 Å². The second-order valence-electron chi connectivity index (χ2n) is 24.6. The molecule has 600 valence electrons. The Balaban J connectivity index is 0.000000337. The number of halogens is 10. The number of ether oxygens (including phenoxy) is 3. The molecule has 0 saturated carbocycles. The monoisotopic (exact) mass is 2030 g/mol. The number of hydrogen-bond donors (Lipinski definition) is 3. The van der Waals surface area contributed by atoms with Gasteiger partial charge in [0.2, 0.25) is 0 Å². The van der Waals surface area contributed by atoms with E-state index in [4.69, 9.17) is 29.3 Å². The highest BCUT2D eigenvalue weighted by Crippen LogP contribution is 2.32. The van der Waals surface area contributed by atoms with Crippen LogP contribution in [0.4, 0.5) is 24.5 Å². The lowest BCUT2D eigenvalue weighted by Crippen LogP contribution is -2.36. The molecule has 7 heterocycles. The van der Waals surface area contributed by atoms with Crippen molar-refractivity contribution in [2.75, 3.05) is 104 Å². The van der Waals surface area contributed by atoms with Crippen LogP contribution in [-0.2, 0) is 45.9 Å². The second kappa shape index (κ2) is 52.8. The Bertz CT molecular complexity index is 4310. The lowest BCUT2D eigenvalue weighted by atomic mass is 10.0. The molecule has 0 aliphatic carbocycles. The fourth-order valence-electron chi connectivity index (χ4n) is 8.53. The lowest BCUT2D eigenvalue weighted by Gasteiger charge is -2.30. The molecule has 18 nitrogen and oxygen atoms in total. The maximum Gasteiger partial charge on any atom is 0.335 e. The van der Waals surface area contributed by atoms with E-state index in [9.17, 15) is 40.8 Å². The SMILES string of the molecule is Brc1ccsc1.C1CCOCC1.CC(C)(C)S(=O)N=C(c1ccsc1)c1ccc(N2CCOCC2)c(Br)c1.CC(C)(C)S(N)=O.CNOC.CON(C)C(=O)c1ccc(F)c(Br)c1.Cl.O=C(O)c1ccc(F)c(Br)c1.O=C(c1ccsc1)c1ccc(F)c(Br)c1.O=C(c1ccsc1)c1ccc(N2CCOCC2)c(Br)c1. The van der Waals surface area contributed by atoms with Gasteiger partial charge in [-0.15, -0.1) is 12.4 Å². The third kappa shape index (κ3) is 36.1. The van der Waals surface area contributed by atoms with Crippen molar-refractivity contribution in [3.63, 3.8) is 0 Å². The van der Waals surface area contributed by atoms with Crippen LogP contribution in [0.15, 0.2) is 190 Å². The van der Waals surface area contributed by atoms with Crippen molar-refractivity contribution in [1.82, 2.24) is 10.5 Å². The van der Waals surface area contributed by atoms with Crippen LogP contribution in [0.2, 0.25) is 0 Å². The van der Waals surface area contributed by atoms with Crippen LogP contribution >= 0.6 is 153 Å². The highest BCUT2D eigenvalue weighted by molar-refractivity contribution is 9.11. The molecule has 9 aromatic rings. The predicted molar refractivity (Wildman–Crippen MR) is 468 cm³/mol. The number of ketones is 2. The number of hydrogen-bond acceptors (Lipinski definition) is 18. The summed E-state index contributed by atoms with van der Waals surface area (Å²) in [6.07, 6.45) is 3.93. The molecule has 0 bridgehead atoms. The maximum atomic E-state index is 12.9. The number of nitrogens with zero attached hydrogens (tertiary/aromatic N) is 4. The van der Waals surface area contributed by atoms with Gasteiger partial charge in [-0.05, 0) is 287 Å². The van der Waals surface area contributed by atoms with E-state index < -0.39 is 44.3 Å². The number of rotatable bonds is 13. The van der Waals surface area contributed by atoms with Crippen LogP contribution in [0.1, 0.15) is 124 Å². The van der Waals surface area contributed by atoms with Gasteiger partial charge < -0.3 is 34.0 Å². The Morgan fingerprint density at radius 1 is 0.518 bits per heavy atom. The molecule has 3 aliphatic heterocycles. The quantitative estimate of drug-likeness (QED) is 0.0554. The number of aromatic carboxylic acids is 1. The average molecular weight is 2040 g/mol. The summed E-state index contributed by atoms with van der Waals surface area (Å²) in [5.74, 6) is -2.63. The van der Waals surface area contributed by atoms with Crippen LogP contribution in [0.25, 0.3) is 0 Å². The van der Waals surface area contributed by atoms with Gasteiger partial charge in [0, 0.05) is 127 Å². The first kappa shape index (κ1) is 99.6. The molecule has 3 fully saturated rings. The Kier molecular flexibility index (Phi) is 47.8. The standard InChI is InChI=1S/C19H23BrN2O2S2.C15H14BrNO2S.C11H6BrFOS.C9H9BrFNO2.C7H4BrFO2.C5H10O.C4H3BrS.C4H11NOS.C2H7NO.ClH/c1-19(2,3)26(23)21-18(15-6-11-25-13-15)14-4-5-17(16(20)12-14)22-7-9-24-10-8-22;16-13-9-11(15(18)12-3-8-20-10-12)1-2-14(13)17-4-6-19-7-5-17;12-9-5-7(1-2-10(9)13)11(14)8-3-4-15-6-8;1-12(14-2)9(13)6-3-4-8(11)7(10)5-6;8-5-3-4(7(10)11)1-2-6(5)9;1-2-4-6-5-3-1;5-4-1-2-6-3-4;1-4(2,3)7(5)6;1-3-4-2;/h4-6,11-13H,7-10H2,1-3H3;1-3,8-10H,4-7H2;1-6H;3-5H,1-2H3;1-3H,(H,10,11);1-5H2;1-3H;5H2,1-3H3;3H,1-2H3;1H. The molecular weight excluding hydrogens is 1950 g/mol. The van der Waals surface area contributed by atoms with Crippen LogP contribution in [0.3, 0.4) is 0 Å². The molecule has 3 aliphatic rings. The van der Waals surface area contributed by atoms with E-state index in [0.717, 1.165) is 120 Å². The fourth-order valence-corrected chi connectivity index (χ4v) is 14.6. The van der Waals surface area contributed by atoms with Crippen molar-refractivity contribution < 1.29 is 69.8 Å². The van der Waals surface area contributed by atoms with Gasteiger partial charge in [0.1, 0.15) is 28.4 Å². The fraction of sp³-hybridized carbons (Fsp3) is 0.329. The van der Waals surface area contributed by atoms with Crippen LogP contribution in [0, 0.1) is 17.5 Å². The average Bonchev–Trinajstić information content (AvgIpc) is 1.27. The van der Waals surface area contributed by atoms with E-state index in [0.29, 0.717) is 26.7 Å². The molecule has 2 unspecified atom stereocenters. The molecule has 4 aromatic heterocycles. The number of anilines is 2. The molecule has 3 saturated heterocycles. The number of nitrogens with one attached hydrogen (secondary N) is 1. The Morgan fingerprint density at radius 2 is 0.873 bits per heavy atom. The van der Waals surface area contributed by atoms with Gasteiger partial charge in [-0.25, -0.2) is 36.9 Å². The number of carboxylic acids is 1. The summed E-state index contributed by atoms with van der Waals surface area (Å²) in [6, 6.07) is 31.5. The van der Waals surface area contributed by atoms with Crippen LogP contribution in [-0.4, -0.2) is 151 Å². The number of thiophene rings is 4. The highest BCUT2D eigenvalue weighted by atomic mass is 79.9. The summed E-state index contributed by atoms with van der Waals surface area (Å²) in [6.45, 7) is 19.9. The van der Waals surface area contributed by atoms with E-state index in [-0.39, 0.29) is 55.0 Å². The van der Waals surface area contributed by atoms with Crippen molar-refractivity contribution in [2.45, 2.75) is 70.3 Å². The summed E-state index contributed by atoms with van der Waals surface area (Å²) in [5, 5.41) is 30.1. The number of nitrogens with two attached hydrogens (primary N) is 1. The number of benzene rings is 5. The van der Waals surface area contributed by atoms with Crippen molar-refractivity contribution in [3.8, 4) is 0 Å². The number of amides is 1. The van der Waals surface area contributed by atoms with Gasteiger partial charge in [-0.2, -0.15) is 49.7 Å². The third-order valence-corrected chi connectivity index (χ3v) is 23.9. The first-order valence-corrected chi connectivity index (χ1v) is 44.0. The van der Waals surface area contributed by atoms with Gasteiger partial charge >= 0.3 is 5.97 Å². The molecule has 110 heavy (non-hydrogen) atoms. The van der Waals surface area contributed by atoms with Gasteiger partial charge in [0.25, 0.3) is 5.91 Å². The first-order chi connectivity index (χ1) is 51.7. The normalized spacial score (nSPS) is 13.7. The molecule has 4 N–H and O–H groups in total. The number of hydroxylamine groups is 3. The maximum absolute atomic E-state index is 12.9. The van der Waals surface area contributed by atoms with Gasteiger partial charge in [0.05, 0.1) is 97.2 Å². The van der Waals surface area contributed by atoms with Crippen LogP contribution < -0.4 is 20.4 Å². The van der Waals surface area contributed by atoms with Gasteiger partial charge in [-0.3, -0.25) is 24.4 Å². The minimum absolute atomic E-state index is 0. The molecule has 1 amide bonds. The largest absolute Gasteiger partial charge is 0.478 e. The van der Waals surface area contributed by atoms with E-state index in [1.54, 1.807) is 48.3 Å². The Labute approximate surface area is 719 Å². The molecule has 5 aromatic carbocycles. The molecular formula is C76H88Br6ClF3N6O12S6. The lowest BCUT2D eigenvalue weighted by molar-refractivity contribution is -0.0757. The summed E-state index contributed by atoms with van der Waals surface area (Å²) < 4.78 is 85.0. The second-order valence-corrected chi connectivity index (χ2v) is 36.7. The number of carbonyl (C=O) groups is 4. The zero-order valence-corrected chi connectivity index (χ0v) is 77.1. The third-order valence-electron chi connectivity index (χ3n) is 14.6. The zero-order chi connectivity index (χ0) is 80.8. The summed E-state index contributed by atoms with van der Waals surface area (Å²) >= 11 is 25.8. The Hall–Kier alpha value is -4.57. The number of carbonyl (C=O) groups excluding carboxylic acids is 3. The summed E-state index contributed by atoms with van der Waals surface area (Å²) in [5.41, 5.74) is 10.5. The zero-order valence-electron chi connectivity index (χ0n) is 61.8. The van der Waals surface area contributed by atoms with Crippen molar-refractivity contribution in [1.29, 1.82) is 0 Å². The van der Waals surface area contributed by atoms with Crippen molar-refractivity contribution in [2.24, 2.45) is 9.54 Å². The summed E-state index contributed by atoms with van der Waals surface area (Å²) in [4.78, 5) is 59.5. The minimum Gasteiger partial charge on any atom is -0.478 e. The number of morpholine rings is 2. The summed E-state index contributed by atoms with van der Waals surface area (Å²) in [7, 11) is 3.65. The van der Waals surface area contributed by atoms with Gasteiger partial charge in [-0.1, -0.05) is 6.07 Å². The van der Waals surface area contributed by atoms with Crippen molar-refractivity contribution in [3.05, 3.63) is 247 Å².